The number of cyclic esters (lactones) is 1. The number of fused-ring (bicyclic) bond motifs is 2. The summed E-state index contributed by atoms with van der Waals surface area (Å²) in [5.74, 6) is -1.58. The molecule has 1 saturated heterocycles. The van der Waals surface area contributed by atoms with Crippen LogP contribution in [-0.2, 0) is 60.0 Å². The second-order valence-electron chi connectivity index (χ2n) is 24.1. The van der Waals surface area contributed by atoms with Gasteiger partial charge in [0.2, 0.25) is 31.8 Å². The van der Waals surface area contributed by atoms with Gasteiger partial charge in [0.1, 0.15) is 39.4 Å². The maximum Gasteiger partial charge on any atom is 0.339 e. The van der Waals surface area contributed by atoms with Gasteiger partial charge < -0.3 is 39.7 Å². The number of ether oxygens (including phenoxy) is 3. The number of sulfonamides is 2. The number of anilines is 1. The minimum atomic E-state index is -4.07. The van der Waals surface area contributed by atoms with Crippen molar-refractivity contribution >= 4 is 73.1 Å². The molecule has 5 aromatic rings. The molecule has 3 heterocycles. The first kappa shape index (κ1) is 73.2. The minimum absolute atomic E-state index is 0.0143. The Morgan fingerprint density at radius 1 is 0.946 bits per heavy atom. The molecular weight excluding hydrogens is 1250 g/mol. The number of unbranched alkanes of at least 4 members (excludes halogenated alkanes) is 1. The van der Waals surface area contributed by atoms with Crippen molar-refractivity contribution in [2.45, 2.75) is 161 Å². The Hall–Kier alpha value is -7.88. The summed E-state index contributed by atoms with van der Waals surface area (Å²) in [5, 5.41) is 50.2. The fourth-order valence-corrected chi connectivity index (χ4v) is 13.5. The molecule has 2 aliphatic heterocycles. The van der Waals surface area contributed by atoms with E-state index in [-0.39, 0.29) is 88.4 Å². The Labute approximate surface area is 541 Å². The summed E-state index contributed by atoms with van der Waals surface area (Å²) < 4.78 is 64.2. The monoisotopic (exact) mass is 1330 g/mol. The van der Waals surface area contributed by atoms with E-state index in [4.69, 9.17) is 31.3 Å². The van der Waals surface area contributed by atoms with E-state index in [1.807, 2.05) is 90.1 Å². The summed E-state index contributed by atoms with van der Waals surface area (Å²) in [6.45, 7) is 17.5. The smallest absolute Gasteiger partial charge is 0.339 e. The van der Waals surface area contributed by atoms with Crippen LogP contribution in [0.25, 0.3) is 22.5 Å². The number of primary sulfonamides is 1. The third-order valence-electron chi connectivity index (χ3n) is 16.3. The Balaban J connectivity index is 0.000000206. The SMILES string of the molecule is CC(=O)Oc1ccccc1C(=O)O.CCC(C)(C)C(=O)O[C@H]1C[C@@H](C)C=C2C=C[C@H](C)[C@H](CC[C@@H]3C[C@@H](O)CC(=O)O3)[C@H]21.CCCCC(=O)N(Cc1ccc(-c2ccccc2-c2nn[nH]n2)cc1)[C@H](C(=O)O)C(C)C.NS(=O)(=O)c1cc2c(cc1Cl)NCNS2(=O)=O. The summed E-state index contributed by atoms with van der Waals surface area (Å²) in [4.78, 5) is 71.4. The zero-order valence-corrected chi connectivity index (χ0v) is 55.4. The number of benzene rings is 4. The topological polar surface area (TPSA) is 367 Å². The molecule has 1 fully saturated rings. The largest absolute Gasteiger partial charge is 0.480 e. The fourth-order valence-electron chi connectivity index (χ4n) is 11.2. The van der Waals surface area contributed by atoms with Gasteiger partial charge in [-0.15, -0.1) is 10.2 Å². The van der Waals surface area contributed by atoms with E-state index < -0.39 is 60.4 Å². The highest BCUT2D eigenvalue weighted by molar-refractivity contribution is 7.90. The molecule has 1 amide bonds. The van der Waals surface area contributed by atoms with Crippen molar-refractivity contribution in [3.05, 3.63) is 125 Å². The number of carboxylic acids is 2. The number of carbonyl (C=O) groups excluding carboxylic acids is 4. The normalized spacial score (nSPS) is 20.8. The van der Waals surface area contributed by atoms with E-state index in [0.717, 1.165) is 66.8 Å². The van der Waals surface area contributed by atoms with Crippen LogP contribution in [0.15, 0.2) is 119 Å². The lowest BCUT2D eigenvalue weighted by atomic mass is 9.65. The first-order valence-corrected chi connectivity index (χ1v) is 33.8. The van der Waals surface area contributed by atoms with E-state index in [2.05, 4.69) is 67.5 Å². The number of H-pyrrole nitrogens is 1. The number of hydrogen-bond donors (Lipinski definition) is 7. The molecule has 0 unspecified atom stereocenters. The summed E-state index contributed by atoms with van der Waals surface area (Å²) in [6.07, 6.45) is 11.6. The number of nitrogens with two attached hydrogens (primary N) is 1. The van der Waals surface area contributed by atoms with Gasteiger partial charge in [-0.1, -0.05) is 138 Å². The second kappa shape index (κ2) is 32.6. The molecule has 8 atom stereocenters. The average molecular weight is 1330 g/mol. The van der Waals surface area contributed by atoms with E-state index in [0.29, 0.717) is 36.4 Å². The van der Waals surface area contributed by atoms with Crippen LogP contribution >= 0.6 is 11.6 Å². The molecule has 4 aliphatic rings. The molecule has 1 aromatic heterocycles. The molecule has 0 bridgehead atoms. The number of nitrogens with one attached hydrogen (secondary N) is 3. The molecule has 4 aromatic carbocycles. The van der Waals surface area contributed by atoms with E-state index in [1.54, 1.807) is 12.1 Å². The van der Waals surface area contributed by atoms with Gasteiger partial charge in [-0.2, -0.15) is 9.94 Å². The van der Waals surface area contributed by atoms with Crippen molar-refractivity contribution in [1.29, 1.82) is 0 Å². The highest BCUT2D eigenvalue weighted by Crippen LogP contribution is 2.46. The predicted molar refractivity (Wildman–Crippen MR) is 343 cm³/mol. The van der Waals surface area contributed by atoms with Gasteiger partial charge >= 0.3 is 29.8 Å². The molecule has 0 radical (unpaired) electrons. The molecule has 9 rings (SSSR count). The van der Waals surface area contributed by atoms with Crippen molar-refractivity contribution in [2.24, 2.45) is 40.1 Å². The number of para-hydroxylation sites is 1. The van der Waals surface area contributed by atoms with E-state index >= 15 is 0 Å². The van der Waals surface area contributed by atoms with Crippen LogP contribution in [0.4, 0.5) is 5.69 Å². The van der Waals surface area contributed by atoms with Gasteiger partial charge in [0.25, 0.3) is 0 Å². The van der Waals surface area contributed by atoms with Crippen LogP contribution in [-0.4, -0.2) is 124 Å². The van der Waals surface area contributed by atoms with Crippen LogP contribution in [0.1, 0.15) is 136 Å². The van der Waals surface area contributed by atoms with Gasteiger partial charge in [0.15, 0.2) is 0 Å². The third-order valence-corrected chi connectivity index (χ3v) is 19.1. The first-order chi connectivity index (χ1) is 43.3. The summed E-state index contributed by atoms with van der Waals surface area (Å²) in [7, 11) is -7.80. The second-order valence-corrected chi connectivity index (χ2v) is 27.8. The van der Waals surface area contributed by atoms with Crippen molar-refractivity contribution in [2.75, 3.05) is 12.0 Å². The lowest BCUT2D eigenvalue weighted by Gasteiger charge is -2.44. The number of esters is 3. The summed E-state index contributed by atoms with van der Waals surface area (Å²) in [5.41, 5.74) is 4.67. The van der Waals surface area contributed by atoms with Gasteiger partial charge in [0, 0.05) is 37.8 Å². The number of tetrazole rings is 1. The van der Waals surface area contributed by atoms with Crippen LogP contribution in [0.3, 0.4) is 0 Å². The number of halogens is 1. The molecule has 0 spiro atoms. The van der Waals surface area contributed by atoms with Crippen molar-refractivity contribution in [3.8, 4) is 28.3 Å². The van der Waals surface area contributed by atoms with Crippen molar-refractivity contribution < 1.29 is 75.1 Å². The number of aliphatic carboxylic acids is 1. The standard InChI is InChI=1S/C25H38O5.C24H29N5O3.C9H8O4.C7H8ClN3O4S2/c1-6-25(4,5)24(28)30-21-12-15(2)11-17-8-7-16(3)20(23(17)21)10-9-19-13-18(26)14-22(27)29-19;1-4-5-10-21(30)29(22(16(2)3)24(31)32)15-17-11-13-18(14-12-17)19-8-6-7-9-20(19)23-25-27-28-26-23;1-6(10)13-8-5-3-2-4-7(8)9(11)12;8-4-1-5-7(2-6(4)16(9,12)13)17(14,15)11-3-10-5/h7-8,11,15-16,18-21,23,26H,6,9-10,12-14H2,1-5H3;6-9,11-14,16,22H,4-5,10,15H2,1-3H3,(H,31,32)(H,25,26,27,28);2-5H,1H3,(H,11,12);1-2,10-11H,3H2,(H2,9,12,13)/t15-,16-,18+,19+,20-,21-,23-;22-;;/m00../s1. The Kier molecular flexibility index (Phi) is 25.9. The summed E-state index contributed by atoms with van der Waals surface area (Å²) in [6, 6.07) is 22.8. The molecule has 0 saturated carbocycles. The van der Waals surface area contributed by atoms with Crippen LogP contribution < -0.4 is 19.9 Å². The number of aromatic amines is 1. The van der Waals surface area contributed by atoms with Gasteiger partial charge in [0.05, 0.1) is 35.3 Å². The molecular formula is C65H83ClN8O16S2. The average Bonchev–Trinajstić information content (AvgIpc) is 1.23. The number of carboxylic acid groups (broad SMARTS) is 2. The molecule has 498 valence electrons. The quantitative estimate of drug-likeness (QED) is 0.0298. The molecule has 92 heavy (non-hydrogen) atoms. The number of rotatable bonds is 19. The zero-order chi connectivity index (χ0) is 67.8. The fraction of sp³-hybridized carbons (Fsp3) is 0.462. The number of aliphatic hydroxyl groups excluding tert-OH is 1. The number of aliphatic hydroxyl groups is 1. The Bertz CT molecular complexity index is 3710. The zero-order valence-electron chi connectivity index (χ0n) is 53.0. The van der Waals surface area contributed by atoms with Crippen molar-refractivity contribution in [3.63, 3.8) is 0 Å². The van der Waals surface area contributed by atoms with E-state index in [1.165, 1.54) is 35.6 Å². The lowest BCUT2D eigenvalue weighted by molar-refractivity contribution is -0.166. The van der Waals surface area contributed by atoms with Gasteiger partial charge in [-0.3, -0.25) is 19.2 Å². The number of aromatic nitrogens is 4. The first-order valence-electron chi connectivity index (χ1n) is 30.4. The maximum atomic E-state index is 12.9. The van der Waals surface area contributed by atoms with Crippen molar-refractivity contribution in [1.82, 2.24) is 30.2 Å². The highest BCUT2D eigenvalue weighted by atomic mass is 35.5. The number of aromatic carboxylic acids is 1. The Morgan fingerprint density at radius 3 is 2.22 bits per heavy atom. The summed E-state index contributed by atoms with van der Waals surface area (Å²) >= 11 is 5.72. The Morgan fingerprint density at radius 2 is 1.62 bits per heavy atom. The van der Waals surface area contributed by atoms with Gasteiger partial charge in [-0.25, -0.2) is 31.6 Å². The van der Waals surface area contributed by atoms with E-state index in [9.17, 15) is 55.8 Å². The molecule has 24 nitrogen and oxygen atoms in total. The highest BCUT2D eigenvalue weighted by Gasteiger charge is 2.44. The van der Waals surface area contributed by atoms with Crippen LogP contribution in [0.5, 0.6) is 5.75 Å². The number of allylic oxidation sites excluding steroid dienone is 3. The molecule has 8 N–H and O–H groups in total. The molecule has 2 aliphatic carbocycles. The minimum Gasteiger partial charge on any atom is -0.480 e. The van der Waals surface area contributed by atoms with Crippen LogP contribution in [0.2, 0.25) is 5.02 Å². The molecule has 27 heteroatoms. The maximum absolute atomic E-state index is 12.9. The lowest BCUT2D eigenvalue weighted by Crippen LogP contribution is -2.47. The number of hydrogen-bond acceptors (Lipinski definition) is 18. The predicted octanol–water partition coefficient (Wildman–Crippen LogP) is 9.71. The van der Waals surface area contributed by atoms with Crippen LogP contribution in [0, 0.1) is 35.0 Å². The number of carbonyl (C=O) groups is 6. The van der Waals surface area contributed by atoms with Gasteiger partial charge in [-0.05, 0) is 121 Å². The number of nitrogens with zero attached hydrogens (tertiary/aromatic N) is 4. The number of amides is 1. The third kappa shape index (κ3) is 19.8.